The van der Waals surface area contributed by atoms with Gasteiger partial charge in [-0.2, -0.15) is 5.26 Å². The summed E-state index contributed by atoms with van der Waals surface area (Å²) in [6.45, 7) is 3.49. The Hall–Kier alpha value is -2.59. The van der Waals surface area contributed by atoms with Gasteiger partial charge in [0.15, 0.2) is 0 Å². The van der Waals surface area contributed by atoms with E-state index in [1.807, 2.05) is 6.07 Å². The monoisotopic (exact) mass is 385 g/mol. The summed E-state index contributed by atoms with van der Waals surface area (Å²) in [7, 11) is 0. The molecule has 2 aromatic rings. The van der Waals surface area contributed by atoms with E-state index in [9.17, 15) is 14.0 Å². The van der Waals surface area contributed by atoms with Gasteiger partial charge in [0.05, 0.1) is 6.04 Å². The zero-order chi connectivity index (χ0) is 19.6. The number of benzene rings is 1. The number of nitrogens with one attached hydrogen (secondary N) is 2. The molecule has 3 rings (SSSR count). The molecule has 0 unspecified atom stereocenters. The van der Waals surface area contributed by atoms with Crippen LogP contribution in [-0.4, -0.2) is 16.6 Å². The summed E-state index contributed by atoms with van der Waals surface area (Å²) in [6, 6.07) is 6.40. The van der Waals surface area contributed by atoms with Crippen LogP contribution in [0.3, 0.4) is 0 Å². The lowest BCUT2D eigenvalue weighted by Crippen LogP contribution is -2.31. The smallest absolute Gasteiger partial charge is 0.266 e. The highest BCUT2D eigenvalue weighted by Gasteiger charge is 2.23. The molecule has 1 aliphatic rings. The molecule has 1 aromatic heterocycles. The number of nitriles is 1. The Balaban J connectivity index is 1.71. The Labute approximate surface area is 161 Å². The second-order valence-electron chi connectivity index (χ2n) is 6.61. The van der Waals surface area contributed by atoms with Crippen LogP contribution in [0.5, 0.6) is 0 Å². The van der Waals surface area contributed by atoms with Gasteiger partial charge in [-0.3, -0.25) is 9.59 Å². The summed E-state index contributed by atoms with van der Waals surface area (Å²) in [5.41, 5.74) is 2.61. The molecule has 1 aliphatic heterocycles. The number of halogens is 1. The number of aryl methyl sites for hydroxylation is 1. The van der Waals surface area contributed by atoms with Crippen LogP contribution in [0.2, 0.25) is 0 Å². The highest BCUT2D eigenvalue weighted by molar-refractivity contribution is 7.99. The Morgan fingerprint density at radius 3 is 2.96 bits per heavy atom. The largest absolute Gasteiger partial charge is 0.349 e. The number of amides is 1. The number of fused-ring (bicyclic) bond motifs is 1. The lowest BCUT2D eigenvalue weighted by molar-refractivity contribution is -0.121. The molecule has 2 heterocycles. The van der Waals surface area contributed by atoms with Crippen molar-refractivity contribution in [1.82, 2.24) is 10.3 Å². The van der Waals surface area contributed by atoms with E-state index < -0.39 is 5.56 Å². The first-order chi connectivity index (χ1) is 12.9. The first-order valence-corrected chi connectivity index (χ1v) is 9.73. The fourth-order valence-electron chi connectivity index (χ4n) is 3.44. The predicted octanol–water partition coefficient (Wildman–Crippen LogP) is 3.29. The molecule has 7 heteroatoms. The van der Waals surface area contributed by atoms with Crippen molar-refractivity contribution >= 4 is 17.7 Å². The van der Waals surface area contributed by atoms with Gasteiger partial charge in [-0.05, 0) is 61.6 Å². The summed E-state index contributed by atoms with van der Waals surface area (Å²) in [5.74, 6) is 0.428. The molecule has 0 fully saturated rings. The fraction of sp³-hybridized carbons (Fsp3) is 0.350. The molecule has 27 heavy (non-hydrogen) atoms. The average Bonchev–Trinajstić information content (AvgIpc) is 2.62. The molecule has 0 spiro atoms. The van der Waals surface area contributed by atoms with Crippen molar-refractivity contribution in [3.8, 4) is 6.07 Å². The van der Waals surface area contributed by atoms with Crippen molar-refractivity contribution in [3.05, 3.63) is 62.3 Å². The third-order valence-corrected chi connectivity index (χ3v) is 5.99. The van der Waals surface area contributed by atoms with Crippen molar-refractivity contribution in [1.29, 1.82) is 5.26 Å². The zero-order valence-corrected chi connectivity index (χ0v) is 16.0. The number of thioether (sulfide) groups is 1. The summed E-state index contributed by atoms with van der Waals surface area (Å²) in [4.78, 5) is 27.9. The van der Waals surface area contributed by atoms with Crippen LogP contribution in [0, 0.1) is 31.0 Å². The Bertz CT molecular complexity index is 994. The lowest BCUT2D eigenvalue weighted by Gasteiger charge is -2.26. The number of rotatable bonds is 4. The van der Waals surface area contributed by atoms with E-state index in [1.54, 1.807) is 31.7 Å². The number of hydrogen-bond acceptors (Lipinski definition) is 4. The van der Waals surface area contributed by atoms with E-state index in [-0.39, 0.29) is 29.8 Å². The maximum Gasteiger partial charge on any atom is 0.266 e. The number of aromatic nitrogens is 1. The normalized spacial score (nSPS) is 15.7. The third kappa shape index (κ3) is 4.06. The van der Waals surface area contributed by atoms with Crippen LogP contribution in [0.25, 0.3) is 0 Å². The molecule has 0 saturated carbocycles. The highest BCUT2D eigenvalue weighted by atomic mass is 32.2. The number of H-pyrrole nitrogens is 1. The molecule has 2 N–H and O–H groups in total. The van der Waals surface area contributed by atoms with Gasteiger partial charge in [0.1, 0.15) is 17.4 Å². The van der Waals surface area contributed by atoms with Crippen molar-refractivity contribution in [3.63, 3.8) is 0 Å². The molecule has 0 radical (unpaired) electrons. The first-order valence-electron chi connectivity index (χ1n) is 8.74. The number of carbonyl (C=O) groups excluding carboxylic acids is 1. The summed E-state index contributed by atoms with van der Waals surface area (Å²) in [5, 5.41) is 12.1. The van der Waals surface area contributed by atoms with Gasteiger partial charge < -0.3 is 10.3 Å². The van der Waals surface area contributed by atoms with Crippen LogP contribution in [0.15, 0.2) is 27.9 Å². The first kappa shape index (κ1) is 19.2. The molecule has 140 valence electrons. The van der Waals surface area contributed by atoms with E-state index in [0.29, 0.717) is 17.7 Å². The average molecular weight is 385 g/mol. The molecule has 0 saturated heterocycles. The number of nitrogens with zero attached hydrogens (tertiary/aromatic N) is 1. The molecular weight excluding hydrogens is 365 g/mol. The fourth-order valence-corrected chi connectivity index (χ4v) is 4.55. The third-order valence-electron chi connectivity index (χ3n) is 4.87. The minimum atomic E-state index is -0.404. The maximum absolute atomic E-state index is 13.6. The van der Waals surface area contributed by atoms with Gasteiger partial charge in [-0.25, -0.2) is 4.39 Å². The number of aromatic amines is 1. The van der Waals surface area contributed by atoms with Crippen LogP contribution in [0.1, 0.15) is 46.8 Å². The summed E-state index contributed by atoms with van der Waals surface area (Å²) >= 11 is 1.67. The maximum atomic E-state index is 13.6. The van der Waals surface area contributed by atoms with E-state index in [2.05, 4.69) is 10.3 Å². The van der Waals surface area contributed by atoms with Crippen LogP contribution < -0.4 is 10.9 Å². The predicted molar refractivity (Wildman–Crippen MR) is 102 cm³/mol. The van der Waals surface area contributed by atoms with E-state index in [4.69, 9.17) is 5.26 Å². The van der Waals surface area contributed by atoms with Gasteiger partial charge >= 0.3 is 0 Å². The molecule has 5 nitrogen and oxygen atoms in total. The zero-order valence-electron chi connectivity index (χ0n) is 15.2. The second-order valence-corrected chi connectivity index (χ2v) is 7.75. The Morgan fingerprint density at radius 2 is 2.22 bits per heavy atom. The van der Waals surface area contributed by atoms with Crippen LogP contribution in [-0.2, 0) is 11.2 Å². The van der Waals surface area contributed by atoms with Gasteiger partial charge in [-0.1, -0.05) is 0 Å². The minimum absolute atomic E-state index is 0.0877. The summed E-state index contributed by atoms with van der Waals surface area (Å²) < 4.78 is 13.6. The number of hydrogen-bond donors (Lipinski definition) is 2. The van der Waals surface area contributed by atoms with Crippen molar-refractivity contribution in [2.45, 2.75) is 44.0 Å². The Kier molecular flexibility index (Phi) is 5.66. The highest BCUT2D eigenvalue weighted by Crippen LogP contribution is 2.36. The van der Waals surface area contributed by atoms with Gasteiger partial charge in [0.25, 0.3) is 5.56 Å². The molecule has 1 aromatic carbocycles. The van der Waals surface area contributed by atoms with E-state index in [1.165, 1.54) is 12.1 Å². The topological polar surface area (TPSA) is 85.8 Å². The van der Waals surface area contributed by atoms with Crippen molar-refractivity contribution in [2.75, 3.05) is 5.75 Å². The quantitative estimate of drug-likeness (QED) is 0.846. The van der Waals surface area contributed by atoms with E-state index >= 15 is 0 Å². The van der Waals surface area contributed by atoms with Crippen molar-refractivity contribution in [2.24, 2.45) is 0 Å². The lowest BCUT2D eigenvalue weighted by atomic mass is 9.98. The minimum Gasteiger partial charge on any atom is -0.349 e. The number of pyridine rings is 1. The SMILES string of the molecule is Cc1[nH]c(=O)c(C#N)c(C)c1CCC(=O)N[C@@H]1CCSc2ccc(F)cc21. The standard InChI is InChI=1S/C20H20FN3O2S/c1-11-14(12(2)23-20(26)16(11)10-22)4-6-19(25)24-17-7-8-27-18-5-3-13(21)9-15(17)18/h3,5,9,17H,4,6-8H2,1-2H3,(H,23,26)(H,24,25)/t17-/m1/s1. The molecule has 0 bridgehead atoms. The Morgan fingerprint density at radius 1 is 1.44 bits per heavy atom. The molecule has 0 aliphatic carbocycles. The van der Waals surface area contributed by atoms with Crippen LogP contribution >= 0.6 is 11.8 Å². The van der Waals surface area contributed by atoms with Crippen molar-refractivity contribution < 1.29 is 9.18 Å². The molecule has 1 atom stereocenters. The molecular formula is C20H20FN3O2S. The second kappa shape index (κ2) is 7.97. The van der Waals surface area contributed by atoms with Gasteiger partial charge in [-0.15, -0.1) is 11.8 Å². The van der Waals surface area contributed by atoms with Gasteiger partial charge in [0, 0.05) is 22.8 Å². The van der Waals surface area contributed by atoms with Crippen LogP contribution in [0.4, 0.5) is 4.39 Å². The number of carbonyl (C=O) groups is 1. The molecule has 1 amide bonds. The van der Waals surface area contributed by atoms with Gasteiger partial charge in [0.2, 0.25) is 5.91 Å². The van der Waals surface area contributed by atoms with E-state index in [0.717, 1.165) is 28.2 Å². The summed E-state index contributed by atoms with van der Waals surface area (Å²) in [6.07, 6.45) is 1.40.